The van der Waals surface area contributed by atoms with Crippen LogP contribution in [-0.2, 0) is 6.54 Å². The summed E-state index contributed by atoms with van der Waals surface area (Å²) in [6.45, 7) is 0.412. The van der Waals surface area contributed by atoms with Crippen LogP contribution in [-0.4, -0.2) is 18.9 Å². The van der Waals surface area contributed by atoms with Gasteiger partial charge in [0.2, 0.25) is 0 Å². The van der Waals surface area contributed by atoms with E-state index in [4.69, 9.17) is 0 Å². The number of hydrogen-bond donors (Lipinski definition) is 2. The number of benzene rings is 2. The normalized spacial score (nSPS) is 10.1. The first-order valence-electron chi connectivity index (χ1n) is 6.55. The van der Waals surface area contributed by atoms with Crippen LogP contribution in [0.5, 0.6) is 0 Å². The summed E-state index contributed by atoms with van der Waals surface area (Å²) in [6.07, 6.45) is 0. The molecular formula is C16H14BrIN2O2. The lowest BCUT2D eigenvalue weighted by molar-refractivity contribution is 0.0945. The molecule has 0 aliphatic carbocycles. The highest BCUT2D eigenvalue weighted by Crippen LogP contribution is 2.18. The average molecular weight is 473 g/mol. The third-order valence-corrected chi connectivity index (χ3v) is 4.50. The van der Waals surface area contributed by atoms with Crippen molar-refractivity contribution in [3.05, 3.63) is 67.2 Å². The zero-order valence-electron chi connectivity index (χ0n) is 11.8. The van der Waals surface area contributed by atoms with E-state index in [1.54, 1.807) is 25.2 Å². The van der Waals surface area contributed by atoms with Gasteiger partial charge in [-0.05, 0) is 58.5 Å². The SMILES string of the molecule is CNC(=O)c1ccc(CNC(=O)c2cc(Br)ccc2I)cc1. The van der Waals surface area contributed by atoms with Crippen LogP contribution in [0.2, 0.25) is 0 Å². The lowest BCUT2D eigenvalue weighted by Crippen LogP contribution is -2.24. The molecule has 0 fully saturated rings. The Balaban J connectivity index is 2.02. The largest absolute Gasteiger partial charge is 0.355 e. The molecule has 0 radical (unpaired) electrons. The van der Waals surface area contributed by atoms with E-state index in [1.807, 2.05) is 24.3 Å². The molecule has 2 aromatic carbocycles. The van der Waals surface area contributed by atoms with E-state index in [9.17, 15) is 9.59 Å². The molecule has 0 heterocycles. The maximum Gasteiger partial charge on any atom is 0.252 e. The van der Waals surface area contributed by atoms with Crippen LogP contribution in [0.25, 0.3) is 0 Å². The highest BCUT2D eigenvalue weighted by molar-refractivity contribution is 14.1. The number of carbonyl (C=O) groups excluding carboxylic acids is 2. The predicted molar refractivity (Wildman–Crippen MR) is 97.9 cm³/mol. The van der Waals surface area contributed by atoms with Crippen molar-refractivity contribution >= 4 is 50.3 Å². The molecule has 0 spiro atoms. The van der Waals surface area contributed by atoms with Gasteiger partial charge < -0.3 is 10.6 Å². The second kappa shape index (κ2) is 7.73. The highest BCUT2D eigenvalue weighted by Gasteiger charge is 2.10. The molecule has 22 heavy (non-hydrogen) atoms. The summed E-state index contributed by atoms with van der Waals surface area (Å²) in [6, 6.07) is 12.7. The van der Waals surface area contributed by atoms with Crippen molar-refractivity contribution in [1.29, 1.82) is 0 Å². The minimum absolute atomic E-state index is 0.124. The van der Waals surface area contributed by atoms with Gasteiger partial charge in [-0.2, -0.15) is 0 Å². The maximum atomic E-state index is 12.2. The molecule has 2 N–H and O–H groups in total. The van der Waals surface area contributed by atoms with Gasteiger partial charge in [-0.3, -0.25) is 9.59 Å². The first kappa shape index (κ1) is 17.0. The number of amides is 2. The zero-order chi connectivity index (χ0) is 16.1. The van der Waals surface area contributed by atoms with E-state index in [1.165, 1.54) is 0 Å². The fourth-order valence-corrected chi connectivity index (χ4v) is 2.81. The van der Waals surface area contributed by atoms with E-state index in [0.29, 0.717) is 17.7 Å². The molecular weight excluding hydrogens is 459 g/mol. The highest BCUT2D eigenvalue weighted by atomic mass is 127. The van der Waals surface area contributed by atoms with Crippen molar-refractivity contribution in [3.63, 3.8) is 0 Å². The maximum absolute atomic E-state index is 12.2. The third kappa shape index (κ3) is 4.30. The van der Waals surface area contributed by atoms with Crippen molar-refractivity contribution in [3.8, 4) is 0 Å². The van der Waals surface area contributed by atoms with Gasteiger partial charge >= 0.3 is 0 Å². The van der Waals surface area contributed by atoms with Gasteiger partial charge in [-0.25, -0.2) is 0 Å². The third-order valence-electron chi connectivity index (χ3n) is 3.07. The van der Waals surface area contributed by atoms with Crippen molar-refractivity contribution in [2.45, 2.75) is 6.54 Å². The monoisotopic (exact) mass is 472 g/mol. The van der Waals surface area contributed by atoms with Gasteiger partial charge in [0.15, 0.2) is 0 Å². The predicted octanol–water partition coefficient (Wildman–Crippen LogP) is 3.34. The summed E-state index contributed by atoms with van der Waals surface area (Å²) >= 11 is 5.50. The minimum atomic E-state index is -0.126. The average Bonchev–Trinajstić information content (AvgIpc) is 2.54. The van der Waals surface area contributed by atoms with Crippen LogP contribution < -0.4 is 10.6 Å². The van der Waals surface area contributed by atoms with Gasteiger partial charge in [0.1, 0.15) is 0 Å². The molecule has 0 saturated carbocycles. The summed E-state index contributed by atoms with van der Waals surface area (Å²) in [7, 11) is 1.59. The Morgan fingerprint density at radius 3 is 2.41 bits per heavy atom. The molecule has 4 nitrogen and oxygen atoms in total. The number of carbonyl (C=O) groups is 2. The van der Waals surface area contributed by atoms with Crippen molar-refractivity contribution in [2.75, 3.05) is 7.05 Å². The molecule has 0 aliphatic rings. The fourth-order valence-electron chi connectivity index (χ4n) is 1.87. The number of halogens is 2. The Kier molecular flexibility index (Phi) is 5.96. The Labute approximate surface area is 151 Å². The van der Waals surface area contributed by atoms with E-state index in [-0.39, 0.29) is 11.8 Å². The molecule has 0 aliphatic heterocycles. The van der Waals surface area contributed by atoms with Crippen molar-refractivity contribution < 1.29 is 9.59 Å². The first-order valence-corrected chi connectivity index (χ1v) is 8.42. The van der Waals surface area contributed by atoms with Crippen LogP contribution in [0.4, 0.5) is 0 Å². The summed E-state index contributed by atoms with van der Waals surface area (Å²) in [5.74, 6) is -0.250. The summed E-state index contributed by atoms with van der Waals surface area (Å²) in [4.78, 5) is 23.7. The summed E-state index contributed by atoms with van der Waals surface area (Å²) in [5.41, 5.74) is 2.17. The van der Waals surface area contributed by atoms with Gasteiger partial charge in [-0.15, -0.1) is 0 Å². The number of rotatable bonds is 4. The fraction of sp³-hybridized carbons (Fsp3) is 0.125. The number of nitrogens with one attached hydrogen (secondary N) is 2. The molecule has 2 rings (SSSR count). The molecule has 0 saturated heterocycles. The molecule has 0 atom stereocenters. The molecule has 0 bridgehead atoms. The summed E-state index contributed by atoms with van der Waals surface area (Å²) in [5, 5.41) is 5.45. The van der Waals surface area contributed by atoms with Crippen LogP contribution in [0.1, 0.15) is 26.3 Å². The topological polar surface area (TPSA) is 58.2 Å². The van der Waals surface area contributed by atoms with E-state index in [2.05, 4.69) is 49.2 Å². The number of hydrogen-bond acceptors (Lipinski definition) is 2. The molecule has 0 unspecified atom stereocenters. The standard InChI is InChI=1S/C16H14BrIN2O2/c1-19-15(21)11-4-2-10(3-5-11)9-20-16(22)13-8-12(17)6-7-14(13)18/h2-8H,9H2,1H3,(H,19,21)(H,20,22). The van der Waals surface area contributed by atoms with Crippen LogP contribution in [0.15, 0.2) is 46.9 Å². The van der Waals surface area contributed by atoms with Crippen molar-refractivity contribution in [2.24, 2.45) is 0 Å². The Morgan fingerprint density at radius 1 is 1.09 bits per heavy atom. The van der Waals surface area contributed by atoms with Gasteiger partial charge in [0.25, 0.3) is 11.8 Å². The minimum Gasteiger partial charge on any atom is -0.355 e. The lowest BCUT2D eigenvalue weighted by Gasteiger charge is -2.08. The second-order valence-electron chi connectivity index (χ2n) is 4.58. The van der Waals surface area contributed by atoms with Gasteiger partial charge in [0.05, 0.1) is 5.56 Å². The van der Waals surface area contributed by atoms with Crippen molar-refractivity contribution in [1.82, 2.24) is 10.6 Å². The quantitative estimate of drug-likeness (QED) is 0.670. The summed E-state index contributed by atoms with van der Waals surface area (Å²) < 4.78 is 1.77. The lowest BCUT2D eigenvalue weighted by atomic mass is 10.1. The van der Waals surface area contributed by atoms with Crippen LogP contribution in [0.3, 0.4) is 0 Å². The van der Waals surface area contributed by atoms with Crippen LogP contribution >= 0.6 is 38.5 Å². The smallest absolute Gasteiger partial charge is 0.252 e. The molecule has 6 heteroatoms. The van der Waals surface area contributed by atoms with E-state index < -0.39 is 0 Å². The first-order chi connectivity index (χ1) is 10.5. The van der Waals surface area contributed by atoms with Gasteiger partial charge in [-0.1, -0.05) is 28.1 Å². The second-order valence-corrected chi connectivity index (χ2v) is 6.66. The molecule has 0 aromatic heterocycles. The van der Waals surface area contributed by atoms with Gasteiger partial charge in [0, 0.05) is 27.2 Å². The Hall–Kier alpha value is -1.41. The molecule has 2 aromatic rings. The van der Waals surface area contributed by atoms with Crippen LogP contribution in [0, 0.1) is 3.57 Å². The Morgan fingerprint density at radius 2 is 1.77 bits per heavy atom. The van der Waals surface area contributed by atoms with E-state index in [0.717, 1.165) is 13.6 Å². The Bertz CT molecular complexity index is 702. The molecule has 2 amide bonds. The zero-order valence-corrected chi connectivity index (χ0v) is 15.6. The van der Waals surface area contributed by atoms with E-state index >= 15 is 0 Å². The molecule has 114 valence electrons.